The topological polar surface area (TPSA) is 65.4 Å². The van der Waals surface area contributed by atoms with Crippen LogP contribution in [0.3, 0.4) is 0 Å². The largest absolute Gasteiger partial charge is 0.489 e. The number of urea groups is 1. The third-order valence-corrected chi connectivity index (χ3v) is 3.72. The van der Waals surface area contributed by atoms with Crippen molar-refractivity contribution in [2.75, 3.05) is 12.4 Å². The molecule has 2 rings (SSSR count). The average Bonchev–Trinajstić information content (AvgIpc) is 2.61. The molecule has 0 aromatic heterocycles. The van der Waals surface area contributed by atoms with Crippen molar-refractivity contribution in [2.24, 2.45) is 0 Å². The SMILES string of the molecule is C[C@@H](CC#N)N(C)C(=O)Nc1ccc(OCc2ccccc2)cc1. The van der Waals surface area contributed by atoms with E-state index in [9.17, 15) is 4.79 Å². The highest BCUT2D eigenvalue weighted by Crippen LogP contribution is 2.17. The van der Waals surface area contributed by atoms with Crippen LogP contribution in [0.15, 0.2) is 54.6 Å². The first-order valence-corrected chi connectivity index (χ1v) is 7.77. The average molecular weight is 323 g/mol. The highest BCUT2D eigenvalue weighted by atomic mass is 16.5. The lowest BCUT2D eigenvalue weighted by atomic mass is 10.2. The minimum Gasteiger partial charge on any atom is -0.489 e. The summed E-state index contributed by atoms with van der Waals surface area (Å²) in [6.45, 7) is 2.34. The van der Waals surface area contributed by atoms with Gasteiger partial charge in [-0.05, 0) is 36.8 Å². The van der Waals surface area contributed by atoms with Crippen molar-refractivity contribution in [1.29, 1.82) is 5.26 Å². The zero-order valence-corrected chi connectivity index (χ0v) is 13.9. The standard InChI is InChI=1S/C19H21N3O2/c1-15(12-13-20)22(2)19(23)21-17-8-10-18(11-9-17)24-14-16-6-4-3-5-7-16/h3-11,15H,12,14H2,1-2H3,(H,21,23)/t15-/m0/s1. The number of hydrogen-bond acceptors (Lipinski definition) is 3. The number of amides is 2. The summed E-state index contributed by atoms with van der Waals surface area (Å²) in [5, 5.41) is 11.5. The third kappa shape index (κ3) is 5.03. The maximum absolute atomic E-state index is 12.1. The molecule has 0 radical (unpaired) electrons. The summed E-state index contributed by atoms with van der Waals surface area (Å²) in [5.41, 5.74) is 1.78. The molecular weight excluding hydrogens is 302 g/mol. The van der Waals surface area contributed by atoms with Crippen molar-refractivity contribution in [3.63, 3.8) is 0 Å². The van der Waals surface area contributed by atoms with E-state index in [1.165, 1.54) is 4.90 Å². The summed E-state index contributed by atoms with van der Waals surface area (Å²) >= 11 is 0. The minimum atomic E-state index is -0.240. The van der Waals surface area contributed by atoms with Crippen LogP contribution in [-0.4, -0.2) is 24.0 Å². The molecule has 0 saturated carbocycles. The Labute approximate surface area is 142 Å². The Morgan fingerprint density at radius 2 is 1.88 bits per heavy atom. The number of hydrogen-bond donors (Lipinski definition) is 1. The normalized spacial score (nSPS) is 11.2. The number of anilines is 1. The van der Waals surface area contributed by atoms with Crippen LogP contribution in [0.25, 0.3) is 0 Å². The van der Waals surface area contributed by atoms with Gasteiger partial charge in [-0.15, -0.1) is 0 Å². The van der Waals surface area contributed by atoms with Gasteiger partial charge in [0.15, 0.2) is 0 Å². The van der Waals surface area contributed by atoms with Crippen LogP contribution in [0, 0.1) is 11.3 Å². The van der Waals surface area contributed by atoms with Crippen molar-refractivity contribution in [1.82, 2.24) is 4.90 Å². The Hall–Kier alpha value is -3.00. The Morgan fingerprint density at radius 3 is 2.50 bits per heavy atom. The van der Waals surface area contributed by atoms with E-state index in [1.807, 2.05) is 49.4 Å². The zero-order chi connectivity index (χ0) is 17.4. The van der Waals surface area contributed by atoms with Gasteiger partial charge in [-0.2, -0.15) is 5.26 Å². The van der Waals surface area contributed by atoms with Crippen LogP contribution >= 0.6 is 0 Å². The van der Waals surface area contributed by atoms with Crippen LogP contribution < -0.4 is 10.1 Å². The monoisotopic (exact) mass is 323 g/mol. The molecule has 1 atom stereocenters. The molecule has 0 bridgehead atoms. The van der Waals surface area contributed by atoms with Gasteiger partial charge in [0.2, 0.25) is 0 Å². The quantitative estimate of drug-likeness (QED) is 0.873. The summed E-state index contributed by atoms with van der Waals surface area (Å²) < 4.78 is 5.71. The lowest BCUT2D eigenvalue weighted by Gasteiger charge is -2.23. The molecule has 0 spiro atoms. The molecule has 0 aliphatic rings. The summed E-state index contributed by atoms with van der Waals surface area (Å²) in [7, 11) is 1.68. The second-order valence-electron chi connectivity index (χ2n) is 5.55. The molecule has 5 heteroatoms. The van der Waals surface area contributed by atoms with Crippen molar-refractivity contribution >= 4 is 11.7 Å². The second-order valence-corrected chi connectivity index (χ2v) is 5.55. The van der Waals surface area contributed by atoms with Crippen molar-refractivity contribution in [2.45, 2.75) is 26.0 Å². The third-order valence-electron chi connectivity index (χ3n) is 3.72. The Balaban J connectivity index is 1.87. The van der Waals surface area contributed by atoms with E-state index >= 15 is 0 Å². The smallest absolute Gasteiger partial charge is 0.321 e. The fourth-order valence-electron chi connectivity index (χ4n) is 2.06. The molecule has 0 saturated heterocycles. The van der Waals surface area contributed by atoms with Gasteiger partial charge < -0.3 is 15.0 Å². The van der Waals surface area contributed by atoms with Crippen molar-refractivity contribution < 1.29 is 9.53 Å². The van der Waals surface area contributed by atoms with Gasteiger partial charge in [-0.25, -0.2) is 4.79 Å². The summed E-state index contributed by atoms with van der Waals surface area (Å²) in [4.78, 5) is 13.6. The number of carbonyl (C=O) groups is 1. The maximum atomic E-state index is 12.1. The van der Waals surface area contributed by atoms with Gasteiger partial charge in [0, 0.05) is 18.8 Å². The van der Waals surface area contributed by atoms with E-state index in [0.29, 0.717) is 18.7 Å². The van der Waals surface area contributed by atoms with Crippen molar-refractivity contribution in [3.8, 4) is 11.8 Å². The van der Waals surface area contributed by atoms with E-state index in [2.05, 4.69) is 11.4 Å². The molecule has 2 amide bonds. The lowest BCUT2D eigenvalue weighted by molar-refractivity contribution is 0.208. The minimum absolute atomic E-state index is 0.136. The first-order chi connectivity index (χ1) is 11.6. The van der Waals surface area contributed by atoms with E-state index in [0.717, 1.165) is 11.3 Å². The number of benzene rings is 2. The molecule has 0 aliphatic heterocycles. The van der Waals surface area contributed by atoms with Gasteiger partial charge in [0.05, 0.1) is 12.5 Å². The second kappa shape index (κ2) is 8.59. The number of rotatable bonds is 6. The summed E-state index contributed by atoms with van der Waals surface area (Å²) in [6.07, 6.45) is 0.302. The van der Waals surface area contributed by atoms with Crippen molar-refractivity contribution in [3.05, 3.63) is 60.2 Å². The Bertz CT molecular complexity index is 693. The molecule has 0 heterocycles. The van der Waals surface area contributed by atoms with Gasteiger partial charge in [-0.3, -0.25) is 0 Å². The van der Waals surface area contributed by atoms with Crippen LogP contribution in [0.4, 0.5) is 10.5 Å². The maximum Gasteiger partial charge on any atom is 0.321 e. The molecule has 2 aromatic rings. The fraction of sp³-hybridized carbons (Fsp3) is 0.263. The molecule has 0 aliphatic carbocycles. The highest BCUT2D eigenvalue weighted by Gasteiger charge is 2.15. The van der Waals surface area contributed by atoms with E-state index in [4.69, 9.17) is 10.00 Å². The molecule has 24 heavy (non-hydrogen) atoms. The van der Waals surface area contributed by atoms with Gasteiger partial charge in [0.25, 0.3) is 0 Å². The first-order valence-electron chi connectivity index (χ1n) is 7.77. The molecular formula is C19H21N3O2. The number of ether oxygens (including phenoxy) is 1. The van der Waals surface area contributed by atoms with Crippen LogP contribution in [0.2, 0.25) is 0 Å². The van der Waals surface area contributed by atoms with Gasteiger partial charge >= 0.3 is 6.03 Å². The molecule has 5 nitrogen and oxygen atoms in total. The number of nitrogens with one attached hydrogen (secondary N) is 1. The van der Waals surface area contributed by atoms with Crippen LogP contribution in [0.1, 0.15) is 18.9 Å². The van der Waals surface area contributed by atoms with E-state index in [1.54, 1.807) is 19.2 Å². The zero-order valence-electron chi connectivity index (χ0n) is 13.9. The summed E-state index contributed by atoms with van der Waals surface area (Å²) in [6, 6.07) is 18.8. The molecule has 124 valence electrons. The van der Waals surface area contributed by atoms with E-state index in [-0.39, 0.29) is 12.1 Å². The predicted octanol–water partition coefficient (Wildman–Crippen LogP) is 4.03. The highest BCUT2D eigenvalue weighted by molar-refractivity contribution is 5.89. The molecule has 2 aromatic carbocycles. The van der Waals surface area contributed by atoms with Crippen LogP contribution in [0.5, 0.6) is 5.75 Å². The fourth-order valence-corrected chi connectivity index (χ4v) is 2.06. The number of nitrogens with zero attached hydrogens (tertiary/aromatic N) is 2. The van der Waals surface area contributed by atoms with E-state index < -0.39 is 0 Å². The predicted molar refractivity (Wildman–Crippen MR) is 93.7 cm³/mol. The Kier molecular flexibility index (Phi) is 6.21. The molecule has 1 N–H and O–H groups in total. The lowest BCUT2D eigenvalue weighted by Crippen LogP contribution is -2.38. The van der Waals surface area contributed by atoms with Crippen LogP contribution in [-0.2, 0) is 6.61 Å². The molecule has 0 fully saturated rings. The first kappa shape index (κ1) is 17.4. The Morgan fingerprint density at radius 1 is 1.21 bits per heavy atom. The number of nitriles is 1. The van der Waals surface area contributed by atoms with Gasteiger partial charge in [-0.1, -0.05) is 30.3 Å². The van der Waals surface area contributed by atoms with Gasteiger partial charge in [0.1, 0.15) is 12.4 Å². The summed E-state index contributed by atoms with van der Waals surface area (Å²) in [5.74, 6) is 0.739. The molecule has 0 unspecified atom stereocenters. The number of carbonyl (C=O) groups excluding carboxylic acids is 1.